The first-order valence-electron chi connectivity index (χ1n) is 23.7. The quantitative estimate of drug-likeness (QED) is 0.157. The third kappa shape index (κ3) is 37.1. The molecule has 1 rings (SSSR count). The van der Waals surface area contributed by atoms with E-state index < -0.39 is 12.1 Å². The number of aliphatic hydroxyl groups excluding tert-OH is 2. The molecule has 0 aromatic heterocycles. The molecule has 336 valence electrons. The maximum absolute atomic E-state index is 12.4. The van der Waals surface area contributed by atoms with Crippen molar-refractivity contribution in [2.75, 3.05) is 26.3 Å². The van der Waals surface area contributed by atoms with Gasteiger partial charge < -0.3 is 31.5 Å². The van der Waals surface area contributed by atoms with Gasteiger partial charge >= 0.3 is 0 Å². The minimum absolute atomic E-state index is 0.0431. The van der Waals surface area contributed by atoms with E-state index in [2.05, 4.69) is 68.6 Å². The van der Waals surface area contributed by atoms with Gasteiger partial charge in [-0.05, 0) is 75.0 Å². The molecular formula is C50H80N4O6. The van der Waals surface area contributed by atoms with Crippen LogP contribution in [0.3, 0.4) is 0 Å². The molecule has 1 unspecified atom stereocenters. The van der Waals surface area contributed by atoms with E-state index >= 15 is 0 Å². The standard InChI is InChI=1S/C50H80N4O6/c55-43-45-41-51-47(57)37-33-29-25-21-17-13-9-5-1-2-6-10-14-18-22-26-30-34-38-48(58)52-42-46(44-56)54-50(60)40-36-32-28-24-20-16-12-8-4-3-7-11-15-19-23-27-31-35-39-49(59)53-45/h45-46,55-56H,9-44H2,(H,51,57)(H,52,58)(H,53,59)(H,54,60)/t45-,46?/m0/s1. The van der Waals surface area contributed by atoms with Crippen LogP contribution in [-0.2, 0) is 19.2 Å². The molecule has 0 saturated heterocycles. The zero-order valence-electron chi connectivity index (χ0n) is 37.1. The largest absolute Gasteiger partial charge is 0.394 e. The zero-order valence-corrected chi connectivity index (χ0v) is 37.1. The van der Waals surface area contributed by atoms with Gasteiger partial charge in [-0.1, -0.05) is 126 Å². The predicted molar refractivity (Wildman–Crippen MR) is 243 cm³/mol. The van der Waals surface area contributed by atoms with Crippen LogP contribution in [0.15, 0.2) is 0 Å². The zero-order chi connectivity index (χ0) is 43.4. The number of aliphatic hydroxyl groups is 2. The summed E-state index contributed by atoms with van der Waals surface area (Å²) in [5, 5.41) is 30.8. The summed E-state index contributed by atoms with van der Waals surface area (Å²) in [6, 6.07) is -0.938. The number of nitrogens with one attached hydrogen (secondary N) is 4. The highest BCUT2D eigenvalue weighted by Gasteiger charge is 2.14. The molecule has 6 N–H and O–H groups in total. The molecule has 4 amide bonds. The molecule has 1 aliphatic rings. The van der Waals surface area contributed by atoms with Gasteiger partial charge in [-0.15, -0.1) is 0 Å². The van der Waals surface area contributed by atoms with Crippen LogP contribution in [0.2, 0.25) is 0 Å². The lowest BCUT2D eigenvalue weighted by atomic mass is 10.1. The molecule has 0 saturated carbocycles. The number of hydrogen-bond donors (Lipinski definition) is 6. The van der Waals surface area contributed by atoms with E-state index in [-0.39, 0.29) is 49.9 Å². The highest BCUT2D eigenvalue weighted by molar-refractivity contribution is 5.78. The van der Waals surface area contributed by atoms with Gasteiger partial charge in [0.25, 0.3) is 0 Å². The molecule has 0 aromatic carbocycles. The topological polar surface area (TPSA) is 157 Å². The van der Waals surface area contributed by atoms with Gasteiger partial charge in [0.05, 0.1) is 25.3 Å². The van der Waals surface area contributed by atoms with Crippen LogP contribution in [0, 0.1) is 47.4 Å². The average Bonchev–Trinajstić information content (AvgIpc) is 3.24. The lowest BCUT2D eigenvalue weighted by Gasteiger charge is -2.17. The molecule has 10 heteroatoms. The summed E-state index contributed by atoms with van der Waals surface area (Å²) in [5.74, 6) is 24.2. The summed E-state index contributed by atoms with van der Waals surface area (Å²) in [6.45, 7) is 0.0638. The molecule has 1 heterocycles. The molecule has 60 heavy (non-hydrogen) atoms. The Kier molecular flexibility index (Phi) is 37.6. The van der Waals surface area contributed by atoms with E-state index in [1.54, 1.807) is 0 Å². The summed E-state index contributed by atoms with van der Waals surface area (Å²) in [4.78, 5) is 49.3. The van der Waals surface area contributed by atoms with Gasteiger partial charge in [0.2, 0.25) is 23.6 Å². The Balaban J connectivity index is 2.39. The van der Waals surface area contributed by atoms with Crippen LogP contribution in [0.25, 0.3) is 0 Å². The smallest absolute Gasteiger partial charge is 0.220 e. The molecule has 10 nitrogen and oxygen atoms in total. The van der Waals surface area contributed by atoms with Crippen molar-refractivity contribution in [1.29, 1.82) is 0 Å². The second-order valence-electron chi connectivity index (χ2n) is 16.2. The van der Waals surface area contributed by atoms with Crippen LogP contribution in [0.1, 0.15) is 205 Å². The van der Waals surface area contributed by atoms with Crippen molar-refractivity contribution in [3.8, 4) is 47.4 Å². The summed E-state index contributed by atoms with van der Waals surface area (Å²) >= 11 is 0. The van der Waals surface area contributed by atoms with Crippen LogP contribution in [0.5, 0.6) is 0 Å². The molecule has 0 aliphatic carbocycles. The number of hydrogen-bond acceptors (Lipinski definition) is 6. The van der Waals surface area contributed by atoms with Crippen LogP contribution in [-0.4, -0.2) is 72.2 Å². The first-order chi connectivity index (χ1) is 29.4. The van der Waals surface area contributed by atoms with Crippen molar-refractivity contribution in [2.45, 2.75) is 218 Å². The maximum atomic E-state index is 12.4. The van der Waals surface area contributed by atoms with Crippen molar-refractivity contribution in [3.05, 3.63) is 0 Å². The summed E-state index contributed by atoms with van der Waals surface area (Å²) in [5.41, 5.74) is 0. The first-order valence-corrected chi connectivity index (χ1v) is 23.7. The Morgan fingerprint density at radius 2 is 0.583 bits per heavy atom. The van der Waals surface area contributed by atoms with Crippen LogP contribution in [0.4, 0.5) is 0 Å². The monoisotopic (exact) mass is 833 g/mol. The van der Waals surface area contributed by atoms with E-state index in [0.717, 1.165) is 180 Å². The van der Waals surface area contributed by atoms with E-state index in [0.29, 0.717) is 25.7 Å². The van der Waals surface area contributed by atoms with Gasteiger partial charge in [0.15, 0.2) is 0 Å². The van der Waals surface area contributed by atoms with E-state index in [9.17, 15) is 29.4 Å². The van der Waals surface area contributed by atoms with E-state index in [4.69, 9.17) is 0 Å². The van der Waals surface area contributed by atoms with E-state index in [1.807, 2.05) is 0 Å². The van der Waals surface area contributed by atoms with Crippen LogP contribution < -0.4 is 21.3 Å². The SMILES string of the molecule is O=C1CCCCCCCCC#CC#CCCCCCCCCC(=O)NC[C@@H](CO)NC(=O)CCCCCCCCC#CC#CCCCCCCCCC(=O)NC(CO)CN1. The van der Waals surface area contributed by atoms with Gasteiger partial charge in [-0.25, -0.2) is 0 Å². The lowest BCUT2D eigenvalue weighted by Crippen LogP contribution is -2.45. The maximum Gasteiger partial charge on any atom is 0.220 e. The Hall–Kier alpha value is -3.96. The fourth-order valence-electron chi connectivity index (χ4n) is 6.82. The number of carbonyl (C=O) groups is 4. The van der Waals surface area contributed by atoms with Crippen molar-refractivity contribution in [1.82, 2.24) is 21.3 Å². The fourth-order valence-corrected chi connectivity index (χ4v) is 6.82. The predicted octanol–water partition coefficient (Wildman–Crippen LogP) is 7.68. The second kappa shape index (κ2) is 41.8. The van der Waals surface area contributed by atoms with Crippen molar-refractivity contribution < 1.29 is 29.4 Å². The molecule has 0 aromatic rings. The van der Waals surface area contributed by atoms with Crippen LogP contribution >= 0.6 is 0 Å². The minimum Gasteiger partial charge on any atom is -0.394 e. The van der Waals surface area contributed by atoms with Crippen molar-refractivity contribution >= 4 is 23.6 Å². The summed E-state index contributed by atoms with van der Waals surface area (Å²) in [6.07, 6.45) is 29.9. The molecule has 0 fully saturated rings. The Bertz CT molecular complexity index is 1300. The molecule has 2 atom stereocenters. The van der Waals surface area contributed by atoms with Gasteiger partial charge in [0, 0.05) is 64.5 Å². The Morgan fingerprint density at radius 3 is 0.850 bits per heavy atom. The van der Waals surface area contributed by atoms with Crippen molar-refractivity contribution in [3.63, 3.8) is 0 Å². The van der Waals surface area contributed by atoms with Gasteiger partial charge in [-0.2, -0.15) is 0 Å². The van der Waals surface area contributed by atoms with Crippen molar-refractivity contribution in [2.24, 2.45) is 0 Å². The molecule has 0 radical (unpaired) electrons. The minimum atomic E-state index is -0.469. The molecule has 0 bridgehead atoms. The number of rotatable bonds is 2. The first kappa shape index (κ1) is 54.1. The summed E-state index contributed by atoms with van der Waals surface area (Å²) < 4.78 is 0. The average molecular weight is 833 g/mol. The third-order valence-electron chi connectivity index (χ3n) is 10.6. The Morgan fingerprint density at radius 1 is 0.350 bits per heavy atom. The normalized spacial score (nSPS) is 22.4. The lowest BCUT2D eigenvalue weighted by molar-refractivity contribution is -0.124. The highest BCUT2D eigenvalue weighted by Crippen LogP contribution is 2.12. The van der Waals surface area contributed by atoms with Gasteiger partial charge in [0.1, 0.15) is 0 Å². The molecule has 0 spiro atoms. The van der Waals surface area contributed by atoms with Gasteiger partial charge in [-0.3, -0.25) is 19.2 Å². The second-order valence-corrected chi connectivity index (χ2v) is 16.2. The number of amides is 4. The molecule has 1 aliphatic heterocycles. The highest BCUT2D eigenvalue weighted by atomic mass is 16.3. The summed E-state index contributed by atoms with van der Waals surface area (Å²) in [7, 11) is 0. The number of carbonyl (C=O) groups excluding carboxylic acids is 4. The molecular weight excluding hydrogens is 753 g/mol. The Labute approximate surface area is 364 Å². The van der Waals surface area contributed by atoms with E-state index in [1.165, 1.54) is 0 Å². The third-order valence-corrected chi connectivity index (χ3v) is 10.6. The fraction of sp³-hybridized carbons (Fsp3) is 0.760.